The smallest absolute Gasteiger partial charge is 0.244 e. The van der Waals surface area contributed by atoms with Gasteiger partial charge in [0.05, 0.1) is 6.21 Å². The summed E-state index contributed by atoms with van der Waals surface area (Å²) in [6.45, 7) is 6.30. The molecule has 0 bridgehead atoms. The predicted octanol–water partition coefficient (Wildman–Crippen LogP) is 2.46. The summed E-state index contributed by atoms with van der Waals surface area (Å²) in [6, 6.07) is 6.72. The Kier molecular flexibility index (Phi) is 5.51. The van der Waals surface area contributed by atoms with Gasteiger partial charge in [-0.2, -0.15) is 9.41 Å². The Labute approximate surface area is 136 Å². The highest BCUT2D eigenvalue weighted by molar-refractivity contribution is 7.89. The van der Waals surface area contributed by atoms with Crippen molar-refractivity contribution in [1.29, 1.82) is 0 Å². The van der Waals surface area contributed by atoms with E-state index in [9.17, 15) is 8.42 Å². The molecule has 124 valence electrons. The lowest BCUT2D eigenvalue weighted by molar-refractivity contribution is 0.445. The van der Waals surface area contributed by atoms with E-state index in [0.29, 0.717) is 24.7 Å². The summed E-state index contributed by atoms with van der Waals surface area (Å²) < 4.78 is 31.4. The van der Waals surface area contributed by atoms with Gasteiger partial charge in [-0.05, 0) is 31.2 Å². The molecule has 0 spiro atoms. The molecule has 23 heavy (non-hydrogen) atoms. The normalized spacial score (nSPS) is 12.2. The van der Waals surface area contributed by atoms with Gasteiger partial charge < -0.3 is 4.42 Å². The second-order valence-corrected chi connectivity index (χ2v) is 6.72. The first kappa shape index (κ1) is 17.2. The molecule has 2 aromatic rings. The third kappa shape index (κ3) is 4.17. The fourth-order valence-electron chi connectivity index (χ4n) is 2.00. The second-order valence-electron chi connectivity index (χ2n) is 4.79. The van der Waals surface area contributed by atoms with Crippen molar-refractivity contribution in [3.8, 4) is 0 Å². The lowest BCUT2D eigenvalue weighted by Crippen LogP contribution is -2.30. The van der Waals surface area contributed by atoms with Crippen LogP contribution in [0.2, 0.25) is 0 Å². The lowest BCUT2D eigenvalue weighted by atomic mass is 10.4. The van der Waals surface area contributed by atoms with Crippen molar-refractivity contribution in [2.24, 2.45) is 5.10 Å². The van der Waals surface area contributed by atoms with Gasteiger partial charge in [0.2, 0.25) is 10.0 Å². The van der Waals surface area contributed by atoms with E-state index >= 15 is 0 Å². The number of hydrogen-bond acceptors (Lipinski definition) is 6. The summed E-state index contributed by atoms with van der Waals surface area (Å²) in [6.07, 6.45) is 2.85. The summed E-state index contributed by atoms with van der Waals surface area (Å²) in [5, 5.41) is 3.99. The molecule has 0 aliphatic rings. The van der Waals surface area contributed by atoms with E-state index in [0.717, 1.165) is 5.76 Å². The fourth-order valence-corrected chi connectivity index (χ4v) is 3.40. The minimum atomic E-state index is -3.49. The van der Waals surface area contributed by atoms with Gasteiger partial charge in [-0.25, -0.2) is 13.4 Å². The topological polar surface area (TPSA) is 87.8 Å². The average molecular weight is 336 g/mol. The van der Waals surface area contributed by atoms with Crippen molar-refractivity contribution in [1.82, 2.24) is 9.29 Å². The van der Waals surface area contributed by atoms with Gasteiger partial charge in [-0.1, -0.05) is 13.8 Å². The molecule has 0 saturated carbocycles. The maximum atomic E-state index is 12.3. The maximum absolute atomic E-state index is 12.3. The van der Waals surface area contributed by atoms with E-state index in [1.807, 2.05) is 13.0 Å². The van der Waals surface area contributed by atoms with E-state index in [2.05, 4.69) is 15.5 Å². The van der Waals surface area contributed by atoms with Gasteiger partial charge in [0.15, 0.2) is 0 Å². The quantitative estimate of drug-likeness (QED) is 0.620. The van der Waals surface area contributed by atoms with Crippen molar-refractivity contribution in [3.05, 3.63) is 42.0 Å². The van der Waals surface area contributed by atoms with Crippen molar-refractivity contribution in [2.75, 3.05) is 18.5 Å². The van der Waals surface area contributed by atoms with Crippen LogP contribution in [-0.4, -0.2) is 37.0 Å². The van der Waals surface area contributed by atoms with Gasteiger partial charge in [-0.15, -0.1) is 0 Å². The van der Waals surface area contributed by atoms with E-state index in [1.54, 1.807) is 26.0 Å². The van der Waals surface area contributed by atoms with Gasteiger partial charge in [0, 0.05) is 19.3 Å². The number of anilines is 1. The molecule has 0 fully saturated rings. The molecular formula is C15H20N4O3S. The van der Waals surface area contributed by atoms with Crippen molar-refractivity contribution < 1.29 is 12.8 Å². The molecule has 8 heteroatoms. The summed E-state index contributed by atoms with van der Waals surface area (Å²) in [5.74, 6) is 1.87. The standard InChI is InChI=1S/C15H20N4O3S/c1-4-19(5-2)23(20,21)14-8-9-15(16-11-14)18-17-10-13-7-6-12(3)22-13/h6-11H,4-5H2,1-3H3,(H,16,18)/b17-10+. The number of nitrogens with one attached hydrogen (secondary N) is 1. The Morgan fingerprint density at radius 1 is 1.26 bits per heavy atom. The minimum absolute atomic E-state index is 0.164. The van der Waals surface area contributed by atoms with E-state index in [-0.39, 0.29) is 4.90 Å². The molecule has 0 amide bonds. The lowest BCUT2D eigenvalue weighted by Gasteiger charge is -2.18. The largest absolute Gasteiger partial charge is 0.460 e. The first-order valence-electron chi connectivity index (χ1n) is 7.29. The zero-order valence-corrected chi connectivity index (χ0v) is 14.2. The van der Waals surface area contributed by atoms with Gasteiger partial charge in [-0.3, -0.25) is 5.43 Å². The summed E-state index contributed by atoms with van der Waals surface area (Å²) in [5.41, 5.74) is 2.73. The number of aromatic nitrogens is 1. The van der Waals surface area contributed by atoms with Crippen LogP contribution in [0.25, 0.3) is 0 Å². The van der Waals surface area contributed by atoms with Crippen LogP contribution in [0.15, 0.2) is 44.9 Å². The number of pyridine rings is 1. The molecule has 7 nitrogen and oxygen atoms in total. The summed E-state index contributed by atoms with van der Waals surface area (Å²) >= 11 is 0. The van der Waals surface area contributed by atoms with Crippen molar-refractivity contribution >= 4 is 22.1 Å². The average Bonchev–Trinajstić information content (AvgIpc) is 2.94. The SMILES string of the molecule is CCN(CC)S(=O)(=O)c1ccc(N/N=C/c2ccc(C)o2)nc1. The number of furan rings is 1. The third-order valence-electron chi connectivity index (χ3n) is 3.21. The predicted molar refractivity (Wildman–Crippen MR) is 89.0 cm³/mol. The van der Waals surface area contributed by atoms with Gasteiger partial charge >= 0.3 is 0 Å². The van der Waals surface area contributed by atoms with Crippen molar-refractivity contribution in [3.63, 3.8) is 0 Å². The Morgan fingerprint density at radius 3 is 2.52 bits per heavy atom. The first-order valence-corrected chi connectivity index (χ1v) is 8.73. The molecule has 0 radical (unpaired) electrons. The molecular weight excluding hydrogens is 316 g/mol. The number of aryl methyl sites for hydroxylation is 1. The van der Waals surface area contributed by atoms with Crippen LogP contribution >= 0.6 is 0 Å². The van der Waals surface area contributed by atoms with Crippen LogP contribution in [0.3, 0.4) is 0 Å². The van der Waals surface area contributed by atoms with E-state index < -0.39 is 10.0 Å². The Hall–Kier alpha value is -2.19. The van der Waals surface area contributed by atoms with Crippen LogP contribution in [-0.2, 0) is 10.0 Å². The van der Waals surface area contributed by atoms with Crippen molar-refractivity contribution in [2.45, 2.75) is 25.7 Å². The number of hydrazone groups is 1. The second kappa shape index (κ2) is 7.38. The highest BCUT2D eigenvalue weighted by Crippen LogP contribution is 2.16. The number of hydrogen-bond donors (Lipinski definition) is 1. The van der Waals surface area contributed by atoms with Crippen LogP contribution < -0.4 is 5.43 Å². The third-order valence-corrected chi connectivity index (χ3v) is 5.25. The number of nitrogens with zero attached hydrogens (tertiary/aromatic N) is 3. The molecule has 0 unspecified atom stereocenters. The molecule has 0 atom stereocenters. The molecule has 2 rings (SSSR count). The van der Waals surface area contributed by atoms with Crippen LogP contribution in [0.4, 0.5) is 5.82 Å². The maximum Gasteiger partial charge on any atom is 0.244 e. The molecule has 0 saturated heterocycles. The van der Waals surface area contributed by atoms with E-state index in [4.69, 9.17) is 4.42 Å². The Balaban J connectivity index is 2.06. The summed E-state index contributed by atoms with van der Waals surface area (Å²) in [4.78, 5) is 4.24. The molecule has 0 aromatic carbocycles. The monoisotopic (exact) mass is 336 g/mol. The number of rotatable bonds is 7. The highest BCUT2D eigenvalue weighted by Gasteiger charge is 2.21. The molecule has 2 heterocycles. The van der Waals surface area contributed by atoms with E-state index in [1.165, 1.54) is 22.8 Å². The summed E-state index contributed by atoms with van der Waals surface area (Å²) in [7, 11) is -3.49. The van der Waals surface area contributed by atoms with Crippen LogP contribution in [0.1, 0.15) is 25.4 Å². The fraction of sp³-hybridized carbons (Fsp3) is 0.333. The molecule has 2 aromatic heterocycles. The van der Waals surface area contributed by atoms with Gasteiger partial charge in [0.1, 0.15) is 22.2 Å². The molecule has 0 aliphatic carbocycles. The Morgan fingerprint density at radius 2 is 2.00 bits per heavy atom. The zero-order chi connectivity index (χ0) is 16.9. The minimum Gasteiger partial charge on any atom is -0.460 e. The number of sulfonamides is 1. The van der Waals surface area contributed by atoms with Crippen LogP contribution in [0, 0.1) is 6.92 Å². The Bertz CT molecular complexity index is 762. The highest BCUT2D eigenvalue weighted by atomic mass is 32.2. The zero-order valence-electron chi connectivity index (χ0n) is 13.4. The van der Waals surface area contributed by atoms with Gasteiger partial charge in [0.25, 0.3) is 0 Å². The molecule has 0 aliphatic heterocycles. The molecule has 1 N–H and O–H groups in total. The first-order chi connectivity index (χ1) is 11.0. The van der Waals surface area contributed by atoms with Crippen LogP contribution in [0.5, 0.6) is 0 Å².